The molecule has 0 unspecified atom stereocenters. The number of hydrogen-bond acceptors (Lipinski definition) is 2. The smallest absolute Gasteiger partial charge is 0.141 e. The highest BCUT2D eigenvalue weighted by molar-refractivity contribution is 9.10. The molecule has 20 heavy (non-hydrogen) atoms. The third kappa shape index (κ3) is 4.23. The molecule has 0 bridgehead atoms. The van der Waals surface area contributed by atoms with E-state index in [0.717, 1.165) is 46.1 Å². The van der Waals surface area contributed by atoms with Crippen molar-refractivity contribution in [3.63, 3.8) is 0 Å². The maximum Gasteiger partial charge on any atom is 0.141 e. The molecule has 2 aromatic carbocycles. The largest absolute Gasteiger partial charge is 0.456 e. The predicted molar refractivity (Wildman–Crippen MR) is 87.7 cm³/mol. The Hall–Kier alpha value is -1.03. The maximum absolute atomic E-state index is 6.28. The van der Waals surface area contributed by atoms with Gasteiger partial charge in [-0.2, -0.15) is 0 Å². The third-order valence-electron chi connectivity index (χ3n) is 2.83. The van der Waals surface area contributed by atoms with Gasteiger partial charge in [-0.15, -0.1) is 0 Å². The molecular weight excluding hydrogens is 338 g/mol. The Morgan fingerprint density at radius 3 is 2.70 bits per heavy atom. The molecule has 0 atom stereocenters. The van der Waals surface area contributed by atoms with Crippen molar-refractivity contribution in [2.75, 3.05) is 6.54 Å². The van der Waals surface area contributed by atoms with E-state index in [9.17, 15) is 0 Å². The summed E-state index contributed by atoms with van der Waals surface area (Å²) < 4.78 is 6.74. The van der Waals surface area contributed by atoms with Crippen molar-refractivity contribution in [2.24, 2.45) is 0 Å². The van der Waals surface area contributed by atoms with Gasteiger partial charge in [0.15, 0.2) is 0 Å². The van der Waals surface area contributed by atoms with Gasteiger partial charge in [0.2, 0.25) is 0 Å². The molecule has 1 N–H and O–H groups in total. The first kappa shape index (κ1) is 15.4. The first-order valence-corrected chi connectivity index (χ1v) is 7.79. The van der Waals surface area contributed by atoms with Crippen LogP contribution in [0.3, 0.4) is 0 Å². The lowest BCUT2D eigenvalue weighted by Crippen LogP contribution is -2.13. The Bertz CT molecular complexity index is 574. The quantitative estimate of drug-likeness (QED) is 0.702. The second-order valence-corrected chi connectivity index (χ2v) is 5.72. The minimum Gasteiger partial charge on any atom is -0.456 e. The molecule has 0 spiro atoms. The van der Waals surface area contributed by atoms with Gasteiger partial charge in [-0.1, -0.05) is 36.7 Å². The molecule has 0 fully saturated rings. The van der Waals surface area contributed by atoms with Crippen LogP contribution in [-0.4, -0.2) is 6.54 Å². The van der Waals surface area contributed by atoms with Crippen molar-refractivity contribution >= 4 is 27.5 Å². The summed E-state index contributed by atoms with van der Waals surface area (Å²) in [4.78, 5) is 0. The van der Waals surface area contributed by atoms with E-state index in [1.165, 1.54) is 0 Å². The Morgan fingerprint density at radius 1 is 1.20 bits per heavy atom. The normalized spacial score (nSPS) is 10.6. The van der Waals surface area contributed by atoms with Gasteiger partial charge in [-0.3, -0.25) is 0 Å². The van der Waals surface area contributed by atoms with Crippen LogP contribution in [0.1, 0.15) is 18.9 Å². The Balaban J connectivity index is 2.07. The van der Waals surface area contributed by atoms with Crippen LogP contribution in [0.4, 0.5) is 0 Å². The topological polar surface area (TPSA) is 21.3 Å². The zero-order valence-electron chi connectivity index (χ0n) is 11.3. The Kier molecular flexibility index (Phi) is 5.89. The molecular formula is C16H17BrClNO. The summed E-state index contributed by atoms with van der Waals surface area (Å²) in [6.07, 6.45) is 1.11. The molecule has 0 aromatic heterocycles. The summed E-state index contributed by atoms with van der Waals surface area (Å²) in [5, 5.41) is 4.06. The number of benzene rings is 2. The van der Waals surface area contributed by atoms with Crippen LogP contribution in [0.5, 0.6) is 11.5 Å². The van der Waals surface area contributed by atoms with Gasteiger partial charge in [0.05, 0.1) is 4.47 Å². The fraction of sp³-hybridized carbons (Fsp3) is 0.250. The standard InChI is InChI=1S/C16H17BrClNO/c1-2-9-19-11-12-7-8-13(10-15(12)18)20-16-6-4-3-5-14(16)17/h3-8,10,19H,2,9,11H2,1H3. The van der Waals surface area contributed by atoms with E-state index in [0.29, 0.717) is 0 Å². The van der Waals surface area contributed by atoms with Gasteiger partial charge in [-0.25, -0.2) is 0 Å². The number of ether oxygens (including phenoxy) is 1. The Labute approximate surface area is 133 Å². The van der Waals surface area contributed by atoms with Crippen molar-refractivity contribution in [1.82, 2.24) is 5.32 Å². The molecule has 0 heterocycles. The van der Waals surface area contributed by atoms with Crippen LogP contribution < -0.4 is 10.1 Å². The molecule has 0 aliphatic heterocycles. The average Bonchev–Trinajstić information content (AvgIpc) is 2.44. The van der Waals surface area contributed by atoms with E-state index >= 15 is 0 Å². The van der Waals surface area contributed by atoms with Gasteiger partial charge in [0.1, 0.15) is 11.5 Å². The molecule has 0 saturated carbocycles. The van der Waals surface area contributed by atoms with E-state index in [-0.39, 0.29) is 0 Å². The SMILES string of the molecule is CCCNCc1ccc(Oc2ccccc2Br)cc1Cl. The van der Waals surface area contributed by atoms with Crippen molar-refractivity contribution in [2.45, 2.75) is 19.9 Å². The lowest BCUT2D eigenvalue weighted by molar-refractivity contribution is 0.479. The highest BCUT2D eigenvalue weighted by atomic mass is 79.9. The number of rotatable bonds is 6. The van der Waals surface area contributed by atoms with Gasteiger partial charge in [-0.05, 0) is 58.7 Å². The molecule has 0 amide bonds. The first-order chi connectivity index (χ1) is 9.70. The van der Waals surface area contributed by atoms with Crippen molar-refractivity contribution in [1.29, 1.82) is 0 Å². The van der Waals surface area contributed by atoms with Crippen molar-refractivity contribution in [3.05, 3.63) is 57.5 Å². The molecule has 4 heteroatoms. The zero-order chi connectivity index (χ0) is 14.4. The second kappa shape index (κ2) is 7.67. The summed E-state index contributed by atoms with van der Waals surface area (Å²) in [5.74, 6) is 1.52. The summed E-state index contributed by atoms with van der Waals surface area (Å²) >= 11 is 9.74. The number of hydrogen-bond donors (Lipinski definition) is 1. The van der Waals surface area contributed by atoms with Crippen LogP contribution in [0.2, 0.25) is 5.02 Å². The zero-order valence-corrected chi connectivity index (χ0v) is 13.7. The van der Waals surface area contributed by atoms with E-state index in [1.54, 1.807) is 0 Å². The number of para-hydroxylation sites is 1. The monoisotopic (exact) mass is 353 g/mol. The molecule has 2 rings (SSSR count). The number of halogens is 2. The minimum atomic E-state index is 0.721. The van der Waals surface area contributed by atoms with Gasteiger partial charge >= 0.3 is 0 Å². The molecule has 0 saturated heterocycles. The highest BCUT2D eigenvalue weighted by Crippen LogP contribution is 2.31. The lowest BCUT2D eigenvalue weighted by Gasteiger charge is -2.10. The minimum absolute atomic E-state index is 0.721. The van der Waals surface area contributed by atoms with Crippen molar-refractivity contribution < 1.29 is 4.74 Å². The fourth-order valence-electron chi connectivity index (χ4n) is 1.79. The van der Waals surface area contributed by atoms with E-state index in [4.69, 9.17) is 16.3 Å². The van der Waals surface area contributed by atoms with Crippen LogP contribution in [-0.2, 0) is 6.54 Å². The van der Waals surface area contributed by atoms with Gasteiger partial charge < -0.3 is 10.1 Å². The van der Waals surface area contributed by atoms with Gasteiger partial charge in [0, 0.05) is 11.6 Å². The number of nitrogens with one attached hydrogen (secondary N) is 1. The van der Waals surface area contributed by atoms with Gasteiger partial charge in [0.25, 0.3) is 0 Å². The van der Waals surface area contributed by atoms with E-state index in [2.05, 4.69) is 28.2 Å². The maximum atomic E-state index is 6.28. The Morgan fingerprint density at radius 2 is 2.00 bits per heavy atom. The average molecular weight is 355 g/mol. The van der Waals surface area contributed by atoms with Crippen LogP contribution in [0.25, 0.3) is 0 Å². The summed E-state index contributed by atoms with van der Waals surface area (Å²) in [6.45, 7) is 3.91. The lowest BCUT2D eigenvalue weighted by atomic mass is 10.2. The predicted octanol–water partition coefficient (Wildman–Crippen LogP) is 5.39. The van der Waals surface area contributed by atoms with Crippen LogP contribution >= 0.6 is 27.5 Å². The summed E-state index contributed by atoms with van der Waals surface area (Å²) in [5.41, 5.74) is 1.08. The van der Waals surface area contributed by atoms with Crippen LogP contribution in [0.15, 0.2) is 46.9 Å². The third-order valence-corrected chi connectivity index (χ3v) is 3.84. The molecule has 0 aliphatic carbocycles. The second-order valence-electron chi connectivity index (χ2n) is 4.46. The highest BCUT2D eigenvalue weighted by Gasteiger charge is 2.05. The molecule has 0 radical (unpaired) electrons. The van der Waals surface area contributed by atoms with E-state index in [1.807, 2.05) is 42.5 Å². The summed E-state index contributed by atoms with van der Waals surface area (Å²) in [7, 11) is 0. The molecule has 2 aromatic rings. The molecule has 2 nitrogen and oxygen atoms in total. The first-order valence-electron chi connectivity index (χ1n) is 6.62. The molecule has 106 valence electrons. The van der Waals surface area contributed by atoms with Crippen molar-refractivity contribution in [3.8, 4) is 11.5 Å². The van der Waals surface area contributed by atoms with Crippen LogP contribution in [0, 0.1) is 0 Å². The summed E-state index contributed by atoms with van der Waals surface area (Å²) in [6, 6.07) is 13.5. The molecule has 0 aliphatic rings. The fourth-order valence-corrected chi connectivity index (χ4v) is 2.39. The van der Waals surface area contributed by atoms with E-state index < -0.39 is 0 Å².